The number of rotatable bonds is 4. The van der Waals surface area contributed by atoms with Crippen molar-refractivity contribution < 1.29 is 14.0 Å². The van der Waals surface area contributed by atoms with Crippen molar-refractivity contribution >= 4 is 14.3 Å². The summed E-state index contributed by atoms with van der Waals surface area (Å²) in [4.78, 5) is 11.2. The lowest BCUT2D eigenvalue weighted by Crippen LogP contribution is -2.42. The molecule has 0 unspecified atom stereocenters. The second-order valence-electron chi connectivity index (χ2n) is 6.07. The van der Waals surface area contributed by atoms with Crippen molar-refractivity contribution in [2.75, 3.05) is 6.61 Å². The van der Waals surface area contributed by atoms with E-state index in [-0.39, 0.29) is 17.1 Å². The average molecular weight is 256 g/mol. The molecule has 0 saturated carbocycles. The zero-order chi connectivity index (χ0) is 13.3. The zero-order valence-corrected chi connectivity index (χ0v) is 12.8. The molecule has 4 heteroatoms. The van der Waals surface area contributed by atoms with Gasteiger partial charge in [0.25, 0.3) is 0 Å². The Kier molecular flexibility index (Phi) is 4.20. The smallest absolute Gasteiger partial charge is 0.331 e. The molecular formula is C13H24O3Si. The summed E-state index contributed by atoms with van der Waals surface area (Å²) in [5, 5.41) is 0.186. The summed E-state index contributed by atoms with van der Waals surface area (Å²) in [6.07, 6.45) is 2.28. The summed E-state index contributed by atoms with van der Waals surface area (Å²) >= 11 is 0. The molecule has 1 aliphatic rings. The summed E-state index contributed by atoms with van der Waals surface area (Å²) in [5.41, 5.74) is 1.05. The number of hydrogen-bond acceptors (Lipinski definition) is 3. The fraction of sp³-hybridized carbons (Fsp3) is 0.769. The highest BCUT2D eigenvalue weighted by Crippen LogP contribution is 2.37. The van der Waals surface area contributed by atoms with Crippen LogP contribution in [0.25, 0.3) is 0 Å². The van der Waals surface area contributed by atoms with Crippen LogP contribution in [0.5, 0.6) is 0 Å². The van der Waals surface area contributed by atoms with E-state index in [0.717, 1.165) is 12.0 Å². The maximum atomic E-state index is 11.2. The van der Waals surface area contributed by atoms with E-state index in [4.69, 9.17) is 9.16 Å². The van der Waals surface area contributed by atoms with Gasteiger partial charge in [0.15, 0.2) is 8.32 Å². The monoisotopic (exact) mass is 256 g/mol. The van der Waals surface area contributed by atoms with Gasteiger partial charge in [-0.1, -0.05) is 27.7 Å². The Morgan fingerprint density at radius 3 is 2.47 bits per heavy atom. The fourth-order valence-electron chi connectivity index (χ4n) is 1.47. The number of carbonyl (C=O) groups is 1. The van der Waals surface area contributed by atoms with Crippen molar-refractivity contribution in [2.45, 2.75) is 58.4 Å². The predicted octanol–water partition coefficient (Wildman–Crippen LogP) is 3.27. The number of hydrogen-bond donors (Lipinski definition) is 0. The summed E-state index contributed by atoms with van der Waals surface area (Å²) in [5.74, 6) is -0.231. The van der Waals surface area contributed by atoms with Crippen molar-refractivity contribution in [1.29, 1.82) is 0 Å². The van der Waals surface area contributed by atoms with Crippen molar-refractivity contribution in [3.63, 3.8) is 0 Å². The van der Waals surface area contributed by atoms with Gasteiger partial charge in [-0.15, -0.1) is 0 Å². The first-order valence-electron chi connectivity index (χ1n) is 6.22. The molecule has 0 aliphatic carbocycles. The van der Waals surface area contributed by atoms with Crippen LogP contribution in [0, 0.1) is 0 Å². The molecule has 0 aromatic heterocycles. The molecule has 17 heavy (non-hydrogen) atoms. The number of cyclic esters (lactones) is 1. The van der Waals surface area contributed by atoms with Gasteiger partial charge in [-0.3, -0.25) is 0 Å². The third-order valence-corrected chi connectivity index (χ3v) is 8.29. The highest BCUT2D eigenvalue weighted by molar-refractivity contribution is 6.74. The lowest BCUT2D eigenvalue weighted by Gasteiger charge is -2.36. The number of carbonyl (C=O) groups excluding carboxylic acids is 1. The second kappa shape index (κ2) is 4.94. The Balaban J connectivity index is 2.58. The second-order valence-corrected chi connectivity index (χ2v) is 10.9. The third-order valence-electron chi connectivity index (χ3n) is 3.79. The van der Waals surface area contributed by atoms with Crippen molar-refractivity contribution in [1.82, 2.24) is 0 Å². The van der Waals surface area contributed by atoms with Gasteiger partial charge in [-0.25, -0.2) is 4.79 Å². The Labute approximate surface area is 105 Å². The normalized spacial score (nSPS) is 21.4. The van der Waals surface area contributed by atoms with Crippen LogP contribution in [0.15, 0.2) is 11.6 Å². The first kappa shape index (κ1) is 14.4. The van der Waals surface area contributed by atoms with Gasteiger partial charge in [-0.05, 0) is 30.1 Å². The van der Waals surface area contributed by atoms with E-state index in [0.29, 0.717) is 6.61 Å². The van der Waals surface area contributed by atoms with Crippen LogP contribution < -0.4 is 0 Å². The van der Waals surface area contributed by atoms with E-state index >= 15 is 0 Å². The van der Waals surface area contributed by atoms with Crippen molar-refractivity contribution in [2.24, 2.45) is 0 Å². The Morgan fingerprint density at radius 1 is 1.41 bits per heavy atom. The Bertz CT molecular complexity index is 326. The van der Waals surface area contributed by atoms with E-state index < -0.39 is 8.32 Å². The van der Waals surface area contributed by atoms with Crippen LogP contribution in [0.2, 0.25) is 18.1 Å². The minimum atomic E-state index is -1.76. The fourth-order valence-corrected chi connectivity index (χ4v) is 2.47. The summed E-state index contributed by atoms with van der Waals surface area (Å²) in [6, 6.07) is 0. The minimum absolute atomic E-state index is 0.165. The van der Waals surface area contributed by atoms with Crippen molar-refractivity contribution in [3.05, 3.63) is 11.6 Å². The maximum absolute atomic E-state index is 11.2. The molecule has 0 N–H and O–H groups in total. The van der Waals surface area contributed by atoms with E-state index in [9.17, 15) is 4.79 Å². The molecule has 0 aromatic rings. The molecule has 0 saturated heterocycles. The first-order chi connectivity index (χ1) is 7.67. The van der Waals surface area contributed by atoms with Crippen LogP contribution in [0.3, 0.4) is 0 Å². The molecule has 0 bridgehead atoms. The maximum Gasteiger partial charge on any atom is 0.331 e. The van der Waals surface area contributed by atoms with E-state index in [2.05, 4.69) is 33.9 Å². The molecule has 3 nitrogen and oxygen atoms in total. The van der Waals surface area contributed by atoms with E-state index in [1.54, 1.807) is 6.08 Å². The van der Waals surface area contributed by atoms with Crippen molar-refractivity contribution in [3.8, 4) is 0 Å². The summed E-state index contributed by atoms with van der Waals surface area (Å²) in [6.45, 7) is 13.6. The molecule has 1 aliphatic heterocycles. The van der Waals surface area contributed by atoms with Gasteiger partial charge in [0.1, 0.15) is 6.10 Å². The molecule has 1 atom stereocenters. The van der Waals surface area contributed by atoms with Gasteiger partial charge in [0.2, 0.25) is 0 Å². The lowest BCUT2D eigenvalue weighted by molar-refractivity contribution is -0.139. The van der Waals surface area contributed by atoms with Crippen LogP contribution in [-0.4, -0.2) is 27.0 Å². The molecule has 98 valence electrons. The topological polar surface area (TPSA) is 35.5 Å². The first-order valence-corrected chi connectivity index (χ1v) is 9.13. The van der Waals surface area contributed by atoms with Crippen LogP contribution >= 0.6 is 0 Å². The van der Waals surface area contributed by atoms with Crippen LogP contribution in [0.4, 0.5) is 0 Å². The number of ether oxygens (including phenoxy) is 1. The predicted molar refractivity (Wildman–Crippen MR) is 71.4 cm³/mol. The van der Waals surface area contributed by atoms with Gasteiger partial charge in [0, 0.05) is 6.08 Å². The third kappa shape index (κ3) is 3.42. The van der Waals surface area contributed by atoms with Gasteiger partial charge < -0.3 is 9.16 Å². The molecule has 0 fully saturated rings. The molecule has 1 rings (SSSR count). The summed E-state index contributed by atoms with van der Waals surface area (Å²) < 4.78 is 11.3. The molecule has 0 radical (unpaired) electrons. The molecule has 0 spiro atoms. The van der Waals surface area contributed by atoms with Crippen LogP contribution in [0.1, 0.15) is 34.1 Å². The Morgan fingerprint density at radius 2 is 2.00 bits per heavy atom. The quantitative estimate of drug-likeness (QED) is 0.572. The number of esters is 1. The highest BCUT2D eigenvalue weighted by atomic mass is 28.4. The van der Waals surface area contributed by atoms with Gasteiger partial charge in [0.05, 0.1) is 6.61 Å². The minimum Gasteiger partial charge on any atom is -0.452 e. The molecule has 0 aromatic carbocycles. The lowest BCUT2D eigenvalue weighted by atomic mass is 10.1. The standard InChI is InChI=1S/C13H24O3Si/c1-7-10-8-12(14)16-11(10)9-15-17(5,6)13(2,3)4/h8,11H,7,9H2,1-6H3/t11-/m1/s1. The Hall–Kier alpha value is -0.613. The largest absolute Gasteiger partial charge is 0.452 e. The van der Waals surface area contributed by atoms with Gasteiger partial charge in [-0.2, -0.15) is 0 Å². The molecule has 0 amide bonds. The average Bonchev–Trinajstić information content (AvgIpc) is 2.54. The van der Waals surface area contributed by atoms with Crippen LogP contribution in [-0.2, 0) is 14.0 Å². The molecular weight excluding hydrogens is 232 g/mol. The molecule has 1 heterocycles. The van der Waals surface area contributed by atoms with Gasteiger partial charge >= 0.3 is 5.97 Å². The zero-order valence-electron chi connectivity index (χ0n) is 11.8. The van der Waals surface area contributed by atoms with E-state index in [1.807, 2.05) is 6.92 Å². The van der Waals surface area contributed by atoms with E-state index in [1.165, 1.54) is 0 Å². The highest BCUT2D eigenvalue weighted by Gasteiger charge is 2.38. The summed E-state index contributed by atoms with van der Waals surface area (Å²) in [7, 11) is -1.76. The SMILES string of the molecule is CCC1=CC(=O)O[C@@H]1CO[Si](C)(C)C(C)(C)C.